The second-order valence-electron chi connectivity index (χ2n) is 6.30. The lowest BCUT2D eigenvalue weighted by Gasteiger charge is -2.32. The van der Waals surface area contributed by atoms with Crippen molar-refractivity contribution < 1.29 is 13.2 Å². The summed E-state index contributed by atoms with van der Waals surface area (Å²) in [6.45, 7) is 3.43. The van der Waals surface area contributed by atoms with E-state index in [1.165, 1.54) is 4.31 Å². The molecule has 140 valence electrons. The molecule has 0 spiro atoms. The number of rotatable bonds is 8. The topological polar surface area (TPSA) is 81.8 Å². The average Bonchev–Trinajstić information content (AvgIpc) is 2.61. The van der Waals surface area contributed by atoms with Gasteiger partial charge in [0.05, 0.1) is 4.90 Å². The van der Waals surface area contributed by atoms with Crippen molar-refractivity contribution >= 4 is 15.9 Å². The highest BCUT2D eigenvalue weighted by Gasteiger charge is 2.29. The predicted molar refractivity (Wildman–Crippen MR) is 97.7 cm³/mol. The van der Waals surface area contributed by atoms with Crippen LogP contribution in [0.25, 0.3) is 0 Å². The van der Waals surface area contributed by atoms with Gasteiger partial charge in [0, 0.05) is 39.1 Å². The number of sulfonamides is 1. The summed E-state index contributed by atoms with van der Waals surface area (Å²) in [5.74, 6) is -0.0675. The van der Waals surface area contributed by atoms with Crippen molar-refractivity contribution in [2.75, 3.05) is 46.8 Å². The minimum absolute atomic E-state index is 0.0675. The Kier molecular flexibility index (Phi) is 7.37. The lowest BCUT2D eigenvalue weighted by Crippen LogP contribution is -2.47. The quantitative estimate of drug-likeness (QED) is 0.643. The van der Waals surface area contributed by atoms with Gasteiger partial charge in [0.15, 0.2) is 0 Å². The highest BCUT2D eigenvalue weighted by Crippen LogP contribution is 2.21. The van der Waals surface area contributed by atoms with Crippen LogP contribution in [-0.4, -0.2) is 70.3 Å². The molecule has 0 unspecified atom stereocenters. The standard InChI is InChI=1S/C17H28N4O3S/c1-18-9-5-8-17(22)19-14-15-6-3-4-7-16(15)25(23,24)21-12-10-20(2)11-13-21/h3-4,6-7,18H,5,8-14H2,1-2H3,(H,19,22). The van der Waals surface area contributed by atoms with Gasteiger partial charge in [0.2, 0.25) is 15.9 Å². The highest BCUT2D eigenvalue weighted by molar-refractivity contribution is 7.89. The molecule has 0 bridgehead atoms. The van der Waals surface area contributed by atoms with E-state index in [2.05, 4.69) is 15.5 Å². The molecule has 0 saturated carbocycles. The minimum atomic E-state index is -3.54. The van der Waals surface area contributed by atoms with Gasteiger partial charge in [-0.05, 0) is 38.7 Å². The van der Waals surface area contributed by atoms with Gasteiger partial charge in [-0.25, -0.2) is 8.42 Å². The summed E-state index contributed by atoms with van der Waals surface area (Å²) in [6, 6.07) is 6.90. The van der Waals surface area contributed by atoms with E-state index in [1.807, 2.05) is 14.1 Å². The molecule has 1 aliphatic heterocycles. The van der Waals surface area contributed by atoms with Gasteiger partial charge in [-0.1, -0.05) is 18.2 Å². The summed E-state index contributed by atoms with van der Waals surface area (Å²) in [7, 11) is 0.293. The molecule has 0 radical (unpaired) electrons. The van der Waals surface area contributed by atoms with Crippen molar-refractivity contribution in [3.05, 3.63) is 29.8 Å². The molecule has 1 aliphatic rings. The first-order valence-electron chi connectivity index (χ1n) is 8.63. The Bertz CT molecular complexity index is 670. The van der Waals surface area contributed by atoms with Gasteiger partial charge in [-0.3, -0.25) is 4.79 Å². The fourth-order valence-corrected chi connectivity index (χ4v) is 4.42. The third-order valence-corrected chi connectivity index (χ3v) is 6.36. The van der Waals surface area contributed by atoms with E-state index >= 15 is 0 Å². The van der Waals surface area contributed by atoms with E-state index in [0.29, 0.717) is 25.1 Å². The lowest BCUT2D eigenvalue weighted by atomic mass is 10.2. The first kappa shape index (κ1) is 19.8. The van der Waals surface area contributed by atoms with Gasteiger partial charge in [-0.2, -0.15) is 4.31 Å². The van der Waals surface area contributed by atoms with Crippen LogP contribution in [0.15, 0.2) is 29.2 Å². The third kappa shape index (κ3) is 5.50. The van der Waals surface area contributed by atoms with Gasteiger partial charge in [0.25, 0.3) is 0 Å². The van der Waals surface area contributed by atoms with Gasteiger partial charge in [-0.15, -0.1) is 0 Å². The number of hydrogen-bond donors (Lipinski definition) is 2. The summed E-state index contributed by atoms with van der Waals surface area (Å²) in [6.07, 6.45) is 1.18. The van der Waals surface area contributed by atoms with E-state index in [9.17, 15) is 13.2 Å². The molecule has 2 N–H and O–H groups in total. The van der Waals surface area contributed by atoms with E-state index in [1.54, 1.807) is 24.3 Å². The summed E-state index contributed by atoms with van der Waals surface area (Å²) < 4.78 is 27.4. The monoisotopic (exact) mass is 368 g/mol. The first-order valence-corrected chi connectivity index (χ1v) is 10.1. The Hall–Kier alpha value is -1.48. The Morgan fingerprint density at radius 1 is 1.16 bits per heavy atom. The van der Waals surface area contributed by atoms with E-state index in [-0.39, 0.29) is 17.3 Å². The Balaban J connectivity index is 2.05. The molecular formula is C17H28N4O3S. The molecule has 1 aromatic rings. The highest BCUT2D eigenvalue weighted by atomic mass is 32.2. The molecule has 1 heterocycles. The van der Waals surface area contributed by atoms with Crippen molar-refractivity contribution in [3.8, 4) is 0 Å². The van der Waals surface area contributed by atoms with Crippen molar-refractivity contribution in [3.63, 3.8) is 0 Å². The second-order valence-corrected chi connectivity index (χ2v) is 8.21. The maximum Gasteiger partial charge on any atom is 0.243 e. The van der Waals surface area contributed by atoms with Crippen molar-refractivity contribution in [1.29, 1.82) is 0 Å². The molecule has 1 amide bonds. The summed E-state index contributed by atoms with van der Waals surface area (Å²) in [5.41, 5.74) is 0.628. The zero-order chi connectivity index (χ0) is 18.3. The number of nitrogens with zero attached hydrogens (tertiary/aromatic N) is 2. The molecule has 1 aromatic carbocycles. The third-order valence-electron chi connectivity index (χ3n) is 4.36. The number of likely N-dealkylation sites (N-methyl/N-ethyl adjacent to an activating group) is 1. The van der Waals surface area contributed by atoms with E-state index in [4.69, 9.17) is 0 Å². The molecule has 7 nitrogen and oxygen atoms in total. The summed E-state index contributed by atoms with van der Waals surface area (Å²) >= 11 is 0. The molecule has 2 rings (SSSR count). The maximum absolute atomic E-state index is 13.0. The lowest BCUT2D eigenvalue weighted by molar-refractivity contribution is -0.121. The normalized spacial score (nSPS) is 16.7. The molecule has 1 fully saturated rings. The zero-order valence-electron chi connectivity index (χ0n) is 15.0. The van der Waals surface area contributed by atoms with Crippen molar-refractivity contribution in [2.45, 2.75) is 24.3 Å². The first-order chi connectivity index (χ1) is 11.9. The van der Waals surface area contributed by atoms with Crippen LogP contribution in [0.3, 0.4) is 0 Å². The SMILES string of the molecule is CNCCCC(=O)NCc1ccccc1S(=O)(=O)N1CCN(C)CC1. The zero-order valence-corrected chi connectivity index (χ0v) is 15.8. The maximum atomic E-state index is 13.0. The Labute approximate surface area is 150 Å². The molecular weight excluding hydrogens is 340 g/mol. The average molecular weight is 369 g/mol. The predicted octanol–water partition coefficient (Wildman–Crippen LogP) is 0.239. The Morgan fingerprint density at radius 2 is 1.84 bits per heavy atom. The molecule has 0 atom stereocenters. The van der Waals surface area contributed by atoms with Gasteiger partial charge in [0.1, 0.15) is 0 Å². The van der Waals surface area contributed by atoms with Crippen molar-refractivity contribution in [1.82, 2.24) is 19.8 Å². The van der Waals surface area contributed by atoms with Crippen LogP contribution >= 0.6 is 0 Å². The largest absolute Gasteiger partial charge is 0.352 e. The summed E-state index contributed by atoms with van der Waals surface area (Å²) in [4.78, 5) is 14.3. The molecule has 0 aliphatic carbocycles. The van der Waals surface area contributed by atoms with Crippen molar-refractivity contribution in [2.24, 2.45) is 0 Å². The molecule has 8 heteroatoms. The van der Waals surface area contributed by atoms with Crippen LogP contribution in [0, 0.1) is 0 Å². The van der Waals surface area contributed by atoms with Crippen LogP contribution in [-0.2, 0) is 21.4 Å². The van der Waals surface area contributed by atoms with Gasteiger partial charge < -0.3 is 15.5 Å². The molecule has 0 aromatic heterocycles. The van der Waals surface area contributed by atoms with Crippen LogP contribution in [0.4, 0.5) is 0 Å². The fraction of sp³-hybridized carbons (Fsp3) is 0.588. The fourth-order valence-electron chi connectivity index (χ4n) is 2.78. The van der Waals surface area contributed by atoms with Crippen LogP contribution in [0.2, 0.25) is 0 Å². The van der Waals surface area contributed by atoms with Crippen LogP contribution in [0.1, 0.15) is 18.4 Å². The Morgan fingerprint density at radius 3 is 2.52 bits per heavy atom. The minimum Gasteiger partial charge on any atom is -0.352 e. The smallest absolute Gasteiger partial charge is 0.243 e. The van der Waals surface area contributed by atoms with Crippen LogP contribution in [0.5, 0.6) is 0 Å². The van der Waals surface area contributed by atoms with Gasteiger partial charge >= 0.3 is 0 Å². The number of hydrogen-bond acceptors (Lipinski definition) is 5. The molecule has 25 heavy (non-hydrogen) atoms. The number of carbonyl (C=O) groups is 1. The summed E-state index contributed by atoms with van der Waals surface area (Å²) in [5, 5.41) is 5.82. The number of amides is 1. The van der Waals surface area contributed by atoms with Crippen LogP contribution < -0.4 is 10.6 Å². The van der Waals surface area contributed by atoms with E-state index in [0.717, 1.165) is 26.1 Å². The van der Waals surface area contributed by atoms with E-state index < -0.39 is 10.0 Å². The number of nitrogens with one attached hydrogen (secondary N) is 2. The second kappa shape index (κ2) is 9.28. The number of carbonyl (C=O) groups excluding carboxylic acids is 1. The number of piperazine rings is 1. The number of benzene rings is 1. The molecule has 1 saturated heterocycles.